The maximum Gasteiger partial charge on any atom is 0.383 e. The van der Waals surface area contributed by atoms with E-state index in [-0.39, 0.29) is 0 Å². The van der Waals surface area contributed by atoms with Crippen molar-refractivity contribution < 1.29 is 17.3 Å². The van der Waals surface area contributed by atoms with E-state index in [9.17, 15) is 8.09 Å². The van der Waals surface area contributed by atoms with Crippen LogP contribution in [0.15, 0.2) is 0 Å². The van der Waals surface area contributed by atoms with Crippen molar-refractivity contribution in [2.24, 2.45) is 0 Å². The highest BCUT2D eigenvalue weighted by molar-refractivity contribution is 7.74. The molecule has 90 valence electrons. The molecule has 0 N–H and O–H groups in total. The SMILES string of the molecule is Cc1c(C)c(C)c(OOS(=O)F)c(C)c1C. The maximum atomic E-state index is 12.1. The minimum Gasteiger partial charge on any atom is -0.320 e. The Bertz CT molecular complexity index is 414. The first-order chi connectivity index (χ1) is 7.36. The fourth-order valence-electron chi connectivity index (χ4n) is 1.65. The highest BCUT2D eigenvalue weighted by atomic mass is 32.2. The Kier molecular flexibility index (Phi) is 4.04. The van der Waals surface area contributed by atoms with E-state index in [0.717, 1.165) is 22.3 Å². The lowest BCUT2D eigenvalue weighted by molar-refractivity contribution is -0.0917. The lowest BCUT2D eigenvalue weighted by Gasteiger charge is -2.16. The van der Waals surface area contributed by atoms with E-state index in [1.165, 1.54) is 5.56 Å². The van der Waals surface area contributed by atoms with Crippen LogP contribution >= 0.6 is 0 Å². The lowest BCUT2D eigenvalue weighted by atomic mass is 9.94. The van der Waals surface area contributed by atoms with Gasteiger partial charge in [0.15, 0.2) is 5.75 Å². The van der Waals surface area contributed by atoms with Crippen molar-refractivity contribution in [3.63, 3.8) is 0 Å². The van der Waals surface area contributed by atoms with Gasteiger partial charge in [-0.05, 0) is 66.8 Å². The molecule has 0 amide bonds. The second kappa shape index (κ2) is 4.93. The van der Waals surface area contributed by atoms with Crippen molar-refractivity contribution in [2.45, 2.75) is 34.6 Å². The van der Waals surface area contributed by atoms with Crippen molar-refractivity contribution in [3.05, 3.63) is 27.8 Å². The van der Waals surface area contributed by atoms with Gasteiger partial charge in [-0.15, -0.1) is 3.89 Å². The van der Waals surface area contributed by atoms with Gasteiger partial charge < -0.3 is 4.89 Å². The van der Waals surface area contributed by atoms with E-state index in [0.29, 0.717) is 5.75 Å². The summed E-state index contributed by atoms with van der Waals surface area (Å²) < 4.78 is 26.3. The maximum absolute atomic E-state index is 12.1. The molecule has 1 aromatic rings. The number of hydrogen-bond acceptors (Lipinski definition) is 3. The Morgan fingerprint density at radius 2 is 1.25 bits per heavy atom. The number of hydrogen-bond donors (Lipinski definition) is 0. The van der Waals surface area contributed by atoms with Gasteiger partial charge >= 0.3 is 11.5 Å². The molecule has 0 saturated heterocycles. The van der Waals surface area contributed by atoms with Crippen LogP contribution in [0.25, 0.3) is 0 Å². The van der Waals surface area contributed by atoms with Gasteiger partial charge in [0.05, 0.1) is 0 Å². The molecular formula is C11H15FO3S. The van der Waals surface area contributed by atoms with E-state index in [2.05, 4.69) is 4.33 Å². The molecular weight excluding hydrogens is 231 g/mol. The number of halogens is 1. The third-order valence-electron chi connectivity index (χ3n) is 3.10. The summed E-state index contributed by atoms with van der Waals surface area (Å²) in [5.41, 5.74) is 5.03. The summed E-state index contributed by atoms with van der Waals surface area (Å²) in [4.78, 5) is 4.77. The molecule has 0 spiro atoms. The zero-order valence-corrected chi connectivity index (χ0v) is 10.8. The first kappa shape index (κ1) is 13.1. The van der Waals surface area contributed by atoms with E-state index < -0.39 is 11.5 Å². The molecule has 1 rings (SSSR count). The Morgan fingerprint density at radius 3 is 1.62 bits per heavy atom. The van der Waals surface area contributed by atoms with Gasteiger partial charge in [-0.2, -0.15) is 4.21 Å². The highest BCUT2D eigenvalue weighted by Gasteiger charge is 2.15. The molecule has 1 unspecified atom stereocenters. The van der Waals surface area contributed by atoms with Gasteiger partial charge in [-0.1, -0.05) is 0 Å². The minimum absolute atomic E-state index is 0.437. The van der Waals surface area contributed by atoms with E-state index in [1.807, 2.05) is 34.6 Å². The Morgan fingerprint density at radius 1 is 0.875 bits per heavy atom. The van der Waals surface area contributed by atoms with Crippen LogP contribution in [0.2, 0.25) is 0 Å². The van der Waals surface area contributed by atoms with Crippen LogP contribution in [-0.4, -0.2) is 4.21 Å². The zero-order valence-electron chi connectivity index (χ0n) is 10.0. The standard InChI is InChI=1S/C11H15FO3S/c1-6-7(2)9(4)11(10(5)8(6)3)14-15-16(12)13/h1-5H3. The first-order valence-corrected chi connectivity index (χ1v) is 5.83. The average molecular weight is 246 g/mol. The minimum atomic E-state index is -2.92. The van der Waals surface area contributed by atoms with Gasteiger partial charge in [0.2, 0.25) is 0 Å². The third kappa shape index (κ3) is 2.41. The summed E-state index contributed by atoms with van der Waals surface area (Å²) in [7, 11) is 0. The average Bonchev–Trinajstić information content (AvgIpc) is 2.23. The molecule has 1 atom stereocenters. The van der Waals surface area contributed by atoms with Gasteiger partial charge in [0.1, 0.15) is 0 Å². The van der Waals surface area contributed by atoms with Gasteiger partial charge in [0, 0.05) is 0 Å². The van der Waals surface area contributed by atoms with E-state index >= 15 is 0 Å². The largest absolute Gasteiger partial charge is 0.383 e. The van der Waals surface area contributed by atoms with E-state index in [4.69, 9.17) is 4.89 Å². The molecule has 16 heavy (non-hydrogen) atoms. The number of benzene rings is 1. The lowest BCUT2D eigenvalue weighted by Crippen LogP contribution is -2.04. The molecule has 0 bridgehead atoms. The second-order valence-corrected chi connectivity index (χ2v) is 4.32. The topological polar surface area (TPSA) is 35.5 Å². The molecule has 0 aliphatic rings. The van der Waals surface area contributed by atoms with Gasteiger partial charge in [0.25, 0.3) is 0 Å². The first-order valence-electron chi connectivity index (χ1n) is 4.86. The number of rotatable bonds is 3. The van der Waals surface area contributed by atoms with Crippen LogP contribution < -0.4 is 4.89 Å². The summed E-state index contributed by atoms with van der Waals surface area (Å²) >= 11 is -2.92. The van der Waals surface area contributed by atoms with Crippen LogP contribution in [0.4, 0.5) is 3.89 Å². The normalized spacial score (nSPS) is 12.6. The van der Waals surface area contributed by atoms with Crippen molar-refractivity contribution >= 4 is 11.5 Å². The predicted octanol–water partition coefficient (Wildman–Crippen LogP) is 3.09. The van der Waals surface area contributed by atoms with Crippen LogP contribution in [0.1, 0.15) is 27.8 Å². The van der Waals surface area contributed by atoms with Crippen LogP contribution in [-0.2, 0) is 15.8 Å². The van der Waals surface area contributed by atoms with Crippen LogP contribution in [0.3, 0.4) is 0 Å². The van der Waals surface area contributed by atoms with Crippen molar-refractivity contribution in [2.75, 3.05) is 0 Å². The Balaban J connectivity index is 3.23. The van der Waals surface area contributed by atoms with Crippen molar-refractivity contribution in [3.8, 4) is 5.75 Å². The van der Waals surface area contributed by atoms with Crippen molar-refractivity contribution in [1.29, 1.82) is 0 Å². The summed E-state index contributed by atoms with van der Waals surface area (Å²) in [6, 6.07) is 0. The van der Waals surface area contributed by atoms with E-state index in [1.54, 1.807) is 0 Å². The molecule has 1 aromatic carbocycles. The highest BCUT2D eigenvalue weighted by Crippen LogP contribution is 2.32. The second-order valence-electron chi connectivity index (χ2n) is 3.80. The molecule has 0 radical (unpaired) electrons. The molecule has 0 saturated carbocycles. The van der Waals surface area contributed by atoms with Crippen LogP contribution in [0, 0.1) is 34.6 Å². The van der Waals surface area contributed by atoms with Gasteiger partial charge in [-0.3, -0.25) is 0 Å². The zero-order chi connectivity index (χ0) is 12.5. The fourth-order valence-corrected chi connectivity index (χ4v) is 1.77. The Hall–Kier alpha value is -0.940. The summed E-state index contributed by atoms with van der Waals surface area (Å²) in [5.74, 6) is 0.437. The summed E-state index contributed by atoms with van der Waals surface area (Å²) in [5, 5.41) is 0. The van der Waals surface area contributed by atoms with Gasteiger partial charge in [-0.25, -0.2) is 0 Å². The molecule has 0 fully saturated rings. The monoisotopic (exact) mass is 246 g/mol. The predicted molar refractivity (Wildman–Crippen MR) is 61.1 cm³/mol. The molecule has 0 heterocycles. The molecule has 3 nitrogen and oxygen atoms in total. The quantitative estimate of drug-likeness (QED) is 0.467. The van der Waals surface area contributed by atoms with Crippen LogP contribution in [0.5, 0.6) is 5.75 Å². The summed E-state index contributed by atoms with van der Waals surface area (Å²) in [6.45, 7) is 9.64. The Labute approximate surface area is 97.5 Å². The summed E-state index contributed by atoms with van der Waals surface area (Å²) in [6.07, 6.45) is 0. The molecule has 0 aromatic heterocycles. The smallest absolute Gasteiger partial charge is 0.320 e. The third-order valence-corrected chi connectivity index (χ3v) is 3.28. The van der Waals surface area contributed by atoms with Crippen molar-refractivity contribution in [1.82, 2.24) is 0 Å². The fraction of sp³-hybridized carbons (Fsp3) is 0.455. The molecule has 0 aliphatic heterocycles. The molecule has 0 aliphatic carbocycles. The molecule has 5 heteroatoms.